The first-order valence-corrected chi connectivity index (χ1v) is 18.1. The lowest BCUT2D eigenvalue weighted by Gasteiger charge is -2.36. The summed E-state index contributed by atoms with van der Waals surface area (Å²) in [4.78, 5) is 75.2. The number of pyridine rings is 1. The molecule has 55 heavy (non-hydrogen) atoms. The Bertz CT molecular complexity index is 1820. The number of piperazine rings is 1. The third kappa shape index (κ3) is 12.0. The van der Waals surface area contributed by atoms with Crippen LogP contribution in [0.5, 0.6) is 5.75 Å². The van der Waals surface area contributed by atoms with Gasteiger partial charge in [0.25, 0.3) is 11.8 Å². The van der Waals surface area contributed by atoms with Crippen LogP contribution in [0.4, 0.5) is 8.78 Å². The van der Waals surface area contributed by atoms with Crippen molar-refractivity contribution in [3.8, 4) is 11.8 Å². The number of nitrogens with one attached hydrogen (secondary N) is 1. The topological polar surface area (TPSA) is 203 Å². The standard InChI is InChI=1S/C36H47F2N9O8/c37-36(38)19-26(20-39)47(25-36)31(48)21-41-35(54)28-4-5-40-30-3-2-27(18-29(28)30)55-17-1-6-42-13-15-46(16-14-42)32(49)22-43-7-9-44(23-33(50)51)11-12-45(10-8-43)24-34(52)53/h2-5,18,26H,1,6-17,19,21-25H2,(H,41,54)(H,50,51)(H,52,53)/t26-/m0/s1/i22D2. The number of benzene rings is 1. The molecular weight excluding hydrogens is 724 g/mol. The van der Waals surface area contributed by atoms with E-state index in [2.05, 4.69) is 15.2 Å². The number of likely N-dealkylation sites (tertiary alicyclic amines) is 1. The average Bonchev–Trinajstić information content (AvgIpc) is 3.54. The first kappa shape index (κ1) is 38.3. The highest BCUT2D eigenvalue weighted by molar-refractivity contribution is 6.07. The van der Waals surface area contributed by atoms with Gasteiger partial charge in [0.05, 0.1) is 59.2 Å². The van der Waals surface area contributed by atoms with Crippen LogP contribution in [0.1, 0.15) is 25.9 Å². The lowest BCUT2D eigenvalue weighted by Crippen LogP contribution is -2.52. The minimum atomic E-state index is -3.17. The number of carbonyl (C=O) groups excluding carboxylic acids is 3. The van der Waals surface area contributed by atoms with Crippen LogP contribution in [0, 0.1) is 11.3 Å². The maximum absolute atomic E-state index is 13.8. The van der Waals surface area contributed by atoms with Gasteiger partial charge in [0, 0.05) is 90.0 Å². The number of carboxylic acids is 2. The Kier molecular flexibility index (Phi) is 13.2. The van der Waals surface area contributed by atoms with E-state index in [0.717, 1.165) is 4.90 Å². The van der Waals surface area contributed by atoms with Crippen molar-refractivity contribution >= 4 is 40.6 Å². The van der Waals surface area contributed by atoms with E-state index in [4.69, 9.17) is 7.48 Å². The van der Waals surface area contributed by atoms with Gasteiger partial charge >= 0.3 is 11.9 Å². The number of alkyl halides is 2. The molecule has 0 bridgehead atoms. The average molecular weight is 774 g/mol. The number of aromatic nitrogens is 1. The Morgan fingerprint density at radius 3 is 2.15 bits per heavy atom. The molecular formula is C36H47F2N9O8. The smallest absolute Gasteiger partial charge is 0.317 e. The van der Waals surface area contributed by atoms with Crippen molar-refractivity contribution in [2.24, 2.45) is 0 Å². The molecule has 3 saturated heterocycles. The van der Waals surface area contributed by atoms with E-state index in [0.29, 0.717) is 75.5 Å². The van der Waals surface area contributed by atoms with E-state index >= 15 is 0 Å². The van der Waals surface area contributed by atoms with Gasteiger partial charge in [-0.3, -0.25) is 48.6 Å². The summed E-state index contributed by atoms with van der Waals surface area (Å²) >= 11 is 0. The summed E-state index contributed by atoms with van der Waals surface area (Å²) in [5.74, 6) is -6.93. The van der Waals surface area contributed by atoms with Gasteiger partial charge in [0.15, 0.2) is 0 Å². The zero-order chi connectivity index (χ0) is 41.3. The van der Waals surface area contributed by atoms with Gasteiger partial charge in [-0.15, -0.1) is 0 Å². The van der Waals surface area contributed by atoms with Crippen LogP contribution < -0.4 is 10.1 Å². The number of hydrogen-bond acceptors (Lipinski definition) is 12. The van der Waals surface area contributed by atoms with E-state index in [1.807, 2.05) is 0 Å². The number of amides is 3. The lowest BCUT2D eigenvalue weighted by molar-refractivity contribution is -0.140. The Labute approximate surface area is 319 Å². The molecule has 3 amide bonds. The van der Waals surface area contributed by atoms with Gasteiger partial charge in [-0.1, -0.05) is 0 Å². The molecule has 5 rings (SSSR count). The molecule has 1 aromatic carbocycles. The van der Waals surface area contributed by atoms with Crippen LogP contribution in [0.2, 0.25) is 0 Å². The molecule has 19 heteroatoms. The van der Waals surface area contributed by atoms with Gasteiger partial charge in [-0.25, -0.2) is 8.78 Å². The zero-order valence-electron chi connectivity index (χ0n) is 32.4. The fraction of sp³-hybridized carbons (Fsp3) is 0.583. The van der Waals surface area contributed by atoms with Crippen LogP contribution >= 0.6 is 0 Å². The summed E-state index contributed by atoms with van der Waals surface area (Å²) in [6.45, 7) is -0.726. The van der Waals surface area contributed by atoms with Gasteiger partial charge in [0.1, 0.15) is 11.8 Å². The summed E-state index contributed by atoms with van der Waals surface area (Å²) in [5, 5.41) is 30.7. The highest BCUT2D eigenvalue weighted by atomic mass is 19.3. The number of fused-ring (bicyclic) bond motifs is 1. The molecule has 1 aromatic heterocycles. The van der Waals surface area contributed by atoms with Crippen molar-refractivity contribution in [3.63, 3.8) is 0 Å². The lowest BCUT2D eigenvalue weighted by atomic mass is 10.1. The summed E-state index contributed by atoms with van der Waals surface area (Å²) in [6, 6.07) is 6.93. The second-order valence-corrected chi connectivity index (χ2v) is 13.7. The van der Waals surface area contributed by atoms with Gasteiger partial charge in [0.2, 0.25) is 11.8 Å². The molecule has 3 aliphatic heterocycles. The van der Waals surface area contributed by atoms with Gasteiger partial charge < -0.3 is 30.1 Å². The number of halogens is 2. The number of aliphatic carboxylic acids is 2. The van der Waals surface area contributed by atoms with Crippen molar-refractivity contribution in [1.29, 1.82) is 5.26 Å². The number of ether oxygens (including phenoxy) is 1. The van der Waals surface area contributed by atoms with Gasteiger partial charge in [-0.2, -0.15) is 5.26 Å². The first-order chi connectivity index (χ1) is 27.1. The van der Waals surface area contributed by atoms with Crippen molar-refractivity contribution < 1.29 is 50.4 Å². The summed E-state index contributed by atoms with van der Waals surface area (Å²) < 4.78 is 51.1. The third-order valence-corrected chi connectivity index (χ3v) is 9.72. The maximum Gasteiger partial charge on any atom is 0.317 e. The van der Waals surface area contributed by atoms with E-state index in [1.165, 1.54) is 22.1 Å². The minimum Gasteiger partial charge on any atom is -0.494 e. The molecule has 3 fully saturated rings. The van der Waals surface area contributed by atoms with Crippen LogP contribution in [0.25, 0.3) is 10.9 Å². The molecule has 1 atom stereocenters. The Morgan fingerprint density at radius 1 is 0.909 bits per heavy atom. The quantitative estimate of drug-likeness (QED) is 0.212. The highest BCUT2D eigenvalue weighted by Gasteiger charge is 2.47. The molecule has 3 aliphatic rings. The molecule has 3 N–H and O–H groups in total. The first-order valence-electron chi connectivity index (χ1n) is 19.1. The van der Waals surface area contributed by atoms with Crippen molar-refractivity contribution in [2.45, 2.75) is 24.8 Å². The van der Waals surface area contributed by atoms with Gasteiger partial charge in [-0.05, 0) is 30.7 Å². The number of nitriles is 1. The fourth-order valence-corrected chi connectivity index (χ4v) is 6.77. The molecule has 4 heterocycles. The molecule has 0 aliphatic carbocycles. The van der Waals surface area contributed by atoms with Crippen molar-refractivity contribution in [3.05, 3.63) is 36.0 Å². The zero-order valence-corrected chi connectivity index (χ0v) is 30.4. The van der Waals surface area contributed by atoms with Crippen LogP contribution in [0.3, 0.4) is 0 Å². The van der Waals surface area contributed by atoms with E-state index in [9.17, 15) is 48.2 Å². The number of carbonyl (C=O) groups is 5. The number of hydrogen-bond donors (Lipinski definition) is 3. The Hall–Kier alpha value is -5.03. The van der Waals surface area contributed by atoms with E-state index in [-0.39, 0.29) is 44.8 Å². The van der Waals surface area contributed by atoms with Crippen LogP contribution in [-0.2, 0) is 19.2 Å². The van der Waals surface area contributed by atoms with Crippen LogP contribution in [-0.4, -0.2) is 197 Å². The molecule has 298 valence electrons. The molecule has 0 saturated carbocycles. The van der Waals surface area contributed by atoms with E-state index < -0.39 is 67.6 Å². The van der Waals surface area contributed by atoms with Crippen LogP contribution in [0.15, 0.2) is 30.5 Å². The molecule has 0 spiro atoms. The molecule has 2 aromatic rings. The molecule has 0 radical (unpaired) electrons. The summed E-state index contributed by atoms with van der Waals surface area (Å²) in [6.07, 6.45) is 1.29. The van der Waals surface area contributed by atoms with Crippen molar-refractivity contribution in [1.82, 2.24) is 39.7 Å². The normalized spacial score (nSPS) is 21.1. The summed E-state index contributed by atoms with van der Waals surface area (Å²) in [7, 11) is 0. The third-order valence-electron chi connectivity index (χ3n) is 9.72. The second kappa shape index (κ2) is 19.0. The summed E-state index contributed by atoms with van der Waals surface area (Å²) in [5.41, 5.74) is 0.685. The Balaban J connectivity index is 1.09. The predicted octanol–water partition coefficient (Wildman–Crippen LogP) is -0.274. The number of nitrogens with zero attached hydrogens (tertiary/aromatic N) is 8. The van der Waals surface area contributed by atoms with E-state index in [1.54, 1.807) is 34.1 Å². The molecule has 0 unspecified atom stereocenters. The van der Waals surface area contributed by atoms with Crippen molar-refractivity contribution in [2.75, 3.05) is 111 Å². The Morgan fingerprint density at radius 2 is 1.53 bits per heavy atom. The largest absolute Gasteiger partial charge is 0.494 e. The SMILES string of the molecule is [2H]C([2H])(C(=O)N1CCN(CCCOc2ccc3nccc(C(=O)NCC(=O)N4CC(F)(F)C[C@H]4C#N)c3c2)CC1)N1CCN(CC(=O)O)CCN(CC(=O)O)CC1. The predicted molar refractivity (Wildman–Crippen MR) is 192 cm³/mol. The number of carboxylic acid groups (broad SMARTS) is 2. The fourth-order valence-electron chi connectivity index (χ4n) is 6.77. The maximum atomic E-state index is 13.8. The molecule has 17 nitrogen and oxygen atoms in total. The number of rotatable bonds is 14. The highest BCUT2D eigenvalue weighted by Crippen LogP contribution is 2.31. The second-order valence-electron chi connectivity index (χ2n) is 13.7. The monoisotopic (exact) mass is 773 g/mol. The minimum absolute atomic E-state index is 0.0886.